The number of aliphatic imine (C=N–C) groups is 1. The summed E-state index contributed by atoms with van der Waals surface area (Å²) in [7, 11) is 0. The van der Waals surface area contributed by atoms with Gasteiger partial charge in [0.25, 0.3) is 0 Å². The minimum absolute atomic E-state index is 0.488. The van der Waals surface area contributed by atoms with Crippen LogP contribution in [0.1, 0.15) is 44.1 Å². The van der Waals surface area contributed by atoms with Crippen LogP contribution in [0.2, 0.25) is 5.02 Å². The standard InChI is InChI=1S/C19H19ClN2S/c1-13-2-4-14(5-3-13)15-6-8-16(9-7-15)17-11-21-19(22-12-23)10-18(17)20/h6-11,13-14H,2-5H2,1H3. The number of thiocarbonyl (C=S) groups is 1. The van der Waals surface area contributed by atoms with Crippen LogP contribution in [0.25, 0.3) is 11.1 Å². The van der Waals surface area contributed by atoms with Gasteiger partial charge in [0.1, 0.15) is 0 Å². The molecule has 0 N–H and O–H groups in total. The molecule has 4 heteroatoms. The second kappa shape index (κ2) is 7.35. The first-order chi connectivity index (χ1) is 11.2. The largest absolute Gasteiger partial charge is 0.236 e. The van der Waals surface area contributed by atoms with Crippen molar-refractivity contribution in [3.05, 3.63) is 47.1 Å². The lowest BCUT2D eigenvalue weighted by Crippen LogP contribution is -2.10. The fourth-order valence-corrected chi connectivity index (χ4v) is 3.62. The summed E-state index contributed by atoms with van der Waals surface area (Å²) in [4.78, 5) is 8.10. The second-order valence-electron chi connectivity index (χ2n) is 6.30. The molecule has 0 aliphatic heterocycles. The summed E-state index contributed by atoms with van der Waals surface area (Å²) >= 11 is 10.9. The highest BCUT2D eigenvalue weighted by molar-refractivity contribution is 7.78. The highest BCUT2D eigenvalue weighted by Crippen LogP contribution is 2.37. The normalized spacial score (nSPS) is 20.8. The second-order valence-corrected chi connectivity index (χ2v) is 6.89. The van der Waals surface area contributed by atoms with E-state index in [2.05, 4.69) is 58.5 Å². The highest BCUT2D eigenvalue weighted by atomic mass is 35.5. The molecule has 1 saturated carbocycles. The van der Waals surface area contributed by atoms with E-state index in [1.165, 1.54) is 31.2 Å². The number of isothiocyanates is 1. The maximum atomic E-state index is 6.34. The molecule has 0 unspecified atom stereocenters. The first-order valence-corrected chi connectivity index (χ1v) is 8.79. The predicted octanol–water partition coefficient (Wildman–Crippen LogP) is 6.43. The summed E-state index contributed by atoms with van der Waals surface area (Å²) in [6, 6.07) is 10.5. The minimum Gasteiger partial charge on any atom is -0.236 e. The molecular weight excluding hydrogens is 324 g/mol. The van der Waals surface area contributed by atoms with Crippen LogP contribution in [0.4, 0.5) is 5.82 Å². The van der Waals surface area contributed by atoms with E-state index in [9.17, 15) is 0 Å². The van der Waals surface area contributed by atoms with Gasteiger partial charge in [-0.3, -0.25) is 0 Å². The Bertz CT molecular complexity index is 728. The molecule has 0 bridgehead atoms. The van der Waals surface area contributed by atoms with Crippen molar-refractivity contribution >= 4 is 34.8 Å². The van der Waals surface area contributed by atoms with Crippen LogP contribution in [-0.2, 0) is 0 Å². The van der Waals surface area contributed by atoms with Crippen molar-refractivity contribution in [2.45, 2.75) is 38.5 Å². The van der Waals surface area contributed by atoms with E-state index in [1.54, 1.807) is 12.3 Å². The fourth-order valence-electron chi connectivity index (χ4n) is 3.27. The van der Waals surface area contributed by atoms with Gasteiger partial charge < -0.3 is 0 Å². The topological polar surface area (TPSA) is 25.2 Å². The molecule has 23 heavy (non-hydrogen) atoms. The molecule has 0 saturated heterocycles. The van der Waals surface area contributed by atoms with Crippen LogP contribution in [0, 0.1) is 5.92 Å². The zero-order chi connectivity index (χ0) is 16.2. The molecule has 0 atom stereocenters. The number of rotatable bonds is 3. The Hall–Kier alpha value is -1.54. The van der Waals surface area contributed by atoms with Crippen molar-refractivity contribution in [2.75, 3.05) is 0 Å². The summed E-state index contributed by atoms with van der Waals surface area (Å²) in [5, 5.41) is 2.93. The molecule has 0 radical (unpaired) electrons. The third-order valence-corrected chi connectivity index (χ3v) is 5.11. The van der Waals surface area contributed by atoms with E-state index in [0.29, 0.717) is 16.8 Å². The van der Waals surface area contributed by atoms with E-state index < -0.39 is 0 Å². The summed E-state index contributed by atoms with van der Waals surface area (Å²) in [5.41, 5.74) is 3.43. The zero-order valence-corrected chi connectivity index (χ0v) is 14.7. The molecule has 1 aliphatic rings. The molecule has 1 aliphatic carbocycles. The van der Waals surface area contributed by atoms with Gasteiger partial charge in [-0.1, -0.05) is 55.6 Å². The Balaban J connectivity index is 1.81. The third kappa shape index (κ3) is 3.87. The zero-order valence-electron chi connectivity index (χ0n) is 13.1. The number of hydrogen-bond donors (Lipinski definition) is 0. The number of aromatic nitrogens is 1. The molecular formula is C19H19ClN2S. The Morgan fingerprint density at radius 3 is 2.48 bits per heavy atom. The van der Waals surface area contributed by atoms with Gasteiger partial charge in [0.2, 0.25) is 0 Å². The Labute approximate surface area is 147 Å². The molecule has 2 nitrogen and oxygen atoms in total. The van der Waals surface area contributed by atoms with Crippen LogP contribution in [0.3, 0.4) is 0 Å². The summed E-state index contributed by atoms with van der Waals surface area (Å²) < 4.78 is 0. The number of hydrogen-bond acceptors (Lipinski definition) is 3. The smallest absolute Gasteiger partial charge is 0.164 e. The quantitative estimate of drug-likeness (QED) is 0.474. The van der Waals surface area contributed by atoms with Crippen LogP contribution in [0.5, 0.6) is 0 Å². The monoisotopic (exact) mass is 342 g/mol. The molecule has 1 aromatic heterocycles. The number of halogens is 1. The van der Waals surface area contributed by atoms with Gasteiger partial charge in [-0.05, 0) is 48.0 Å². The molecule has 1 heterocycles. The Morgan fingerprint density at radius 1 is 1.17 bits per heavy atom. The lowest BCUT2D eigenvalue weighted by Gasteiger charge is -2.26. The maximum absolute atomic E-state index is 6.34. The number of pyridine rings is 1. The maximum Gasteiger partial charge on any atom is 0.164 e. The molecule has 118 valence electrons. The van der Waals surface area contributed by atoms with Gasteiger partial charge in [-0.25, -0.2) is 4.98 Å². The van der Waals surface area contributed by atoms with Crippen LogP contribution in [0.15, 0.2) is 41.5 Å². The van der Waals surface area contributed by atoms with E-state index in [0.717, 1.165) is 17.0 Å². The summed E-state index contributed by atoms with van der Waals surface area (Å²) in [5.74, 6) is 2.07. The van der Waals surface area contributed by atoms with Gasteiger partial charge in [0.15, 0.2) is 5.82 Å². The van der Waals surface area contributed by atoms with Crippen molar-refractivity contribution in [2.24, 2.45) is 10.9 Å². The average Bonchev–Trinajstić information content (AvgIpc) is 2.56. The van der Waals surface area contributed by atoms with Gasteiger partial charge in [-0.2, -0.15) is 4.99 Å². The Kier molecular flexibility index (Phi) is 5.22. The first kappa shape index (κ1) is 16.3. The van der Waals surface area contributed by atoms with Gasteiger partial charge in [0, 0.05) is 17.8 Å². The van der Waals surface area contributed by atoms with Crippen LogP contribution < -0.4 is 0 Å². The van der Waals surface area contributed by atoms with Crippen molar-refractivity contribution in [1.29, 1.82) is 0 Å². The summed E-state index contributed by atoms with van der Waals surface area (Å²) in [6.07, 6.45) is 7.01. The van der Waals surface area contributed by atoms with Crippen LogP contribution in [-0.4, -0.2) is 10.1 Å². The van der Waals surface area contributed by atoms with E-state index in [1.807, 2.05) is 0 Å². The van der Waals surface area contributed by atoms with Crippen molar-refractivity contribution in [3.63, 3.8) is 0 Å². The predicted molar refractivity (Wildman–Crippen MR) is 99.7 cm³/mol. The van der Waals surface area contributed by atoms with Crippen molar-refractivity contribution in [1.82, 2.24) is 4.98 Å². The lowest BCUT2D eigenvalue weighted by atomic mass is 9.79. The number of benzene rings is 1. The van der Waals surface area contributed by atoms with E-state index in [-0.39, 0.29) is 0 Å². The molecule has 0 spiro atoms. The molecule has 3 rings (SSSR count). The number of nitrogens with zero attached hydrogens (tertiary/aromatic N) is 2. The summed E-state index contributed by atoms with van der Waals surface area (Å²) in [6.45, 7) is 2.35. The molecule has 1 aromatic carbocycles. The van der Waals surface area contributed by atoms with Crippen LogP contribution >= 0.6 is 23.8 Å². The highest BCUT2D eigenvalue weighted by Gasteiger charge is 2.19. The van der Waals surface area contributed by atoms with Gasteiger partial charge >= 0.3 is 0 Å². The van der Waals surface area contributed by atoms with E-state index >= 15 is 0 Å². The fraction of sp³-hybridized carbons (Fsp3) is 0.368. The third-order valence-electron chi connectivity index (χ3n) is 4.71. The minimum atomic E-state index is 0.488. The SMILES string of the molecule is CC1CCC(c2ccc(-c3cnc(N=C=S)cc3Cl)cc2)CC1. The van der Waals surface area contributed by atoms with Gasteiger partial charge in [0.05, 0.1) is 10.2 Å². The molecule has 1 fully saturated rings. The van der Waals surface area contributed by atoms with Crippen molar-refractivity contribution in [3.8, 4) is 11.1 Å². The Morgan fingerprint density at radius 2 is 1.87 bits per heavy atom. The molecule has 2 aromatic rings. The lowest BCUT2D eigenvalue weighted by molar-refractivity contribution is 0.348. The first-order valence-electron chi connectivity index (χ1n) is 8.01. The van der Waals surface area contributed by atoms with Gasteiger partial charge in [-0.15, -0.1) is 0 Å². The van der Waals surface area contributed by atoms with Crippen molar-refractivity contribution < 1.29 is 0 Å². The average molecular weight is 343 g/mol. The van der Waals surface area contributed by atoms with E-state index in [4.69, 9.17) is 11.6 Å². The molecule has 0 amide bonds.